The quantitative estimate of drug-likeness (QED) is 0.616. The van der Waals surface area contributed by atoms with E-state index in [-0.39, 0.29) is 0 Å². The molecule has 0 radical (unpaired) electrons. The Bertz CT molecular complexity index is 139. The highest BCUT2D eigenvalue weighted by Gasteiger charge is 2.06. The molecule has 0 atom stereocenters. The zero-order chi connectivity index (χ0) is 10.1. The Hall–Kier alpha value is -0.310. The molecule has 0 aromatic carbocycles. The molecule has 0 aliphatic carbocycles. The van der Waals surface area contributed by atoms with Gasteiger partial charge in [0.2, 0.25) is 0 Å². The summed E-state index contributed by atoms with van der Waals surface area (Å²) in [6.45, 7) is 9.09. The maximum absolute atomic E-state index is 5.40. The van der Waals surface area contributed by atoms with E-state index in [0.29, 0.717) is 5.17 Å². The first kappa shape index (κ1) is 12.7. The summed E-state index contributed by atoms with van der Waals surface area (Å²) in [7, 11) is 0. The normalized spacial score (nSPS) is 9.77. The number of unbranched alkanes of at least 4 members (excludes halogenated alkanes) is 1. The van der Waals surface area contributed by atoms with Crippen LogP contribution < -0.4 is 0 Å². The average Bonchev–Trinajstić information content (AvgIpc) is 2.16. The predicted octanol–water partition coefficient (Wildman–Crippen LogP) is 2.82. The smallest absolute Gasteiger partial charge is 0.259 e. The summed E-state index contributed by atoms with van der Waals surface area (Å²) >= 11 is 5.16. The molecule has 0 N–H and O–H groups in total. The van der Waals surface area contributed by atoms with Crippen molar-refractivity contribution >= 4 is 17.4 Å². The van der Waals surface area contributed by atoms with Gasteiger partial charge in [0, 0.05) is 13.1 Å². The Labute approximate surface area is 87.3 Å². The van der Waals surface area contributed by atoms with Crippen molar-refractivity contribution in [3.63, 3.8) is 0 Å². The monoisotopic (exact) mass is 203 g/mol. The van der Waals surface area contributed by atoms with E-state index in [9.17, 15) is 0 Å². The standard InChI is InChI=1S/C10H21NOS/c1-4-7-8-11(6-3)10(13)12-9-5-2/h4-9H2,1-3H3. The molecule has 0 heterocycles. The van der Waals surface area contributed by atoms with Gasteiger partial charge in [0.1, 0.15) is 0 Å². The van der Waals surface area contributed by atoms with Crippen LogP contribution in [0.2, 0.25) is 0 Å². The van der Waals surface area contributed by atoms with Crippen LogP contribution in [0.3, 0.4) is 0 Å². The fraction of sp³-hybridized carbons (Fsp3) is 0.900. The Balaban J connectivity index is 3.71. The SMILES string of the molecule is CCCCN(CC)C(=S)OCCC. The number of rotatable bonds is 6. The van der Waals surface area contributed by atoms with E-state index in [1.54, 1.807) is 0 Å². The van der Waals surface area contributed by atoms with Crippen LogP contribution in [0.25, 0.3) is 0 Å². The zero-order valence-corrected chi connectivity index (χ0v) is 9.82. The Morgan fingerprint density at radius 3 is 2.38 bits per heavy atom. The molecule has 0 fully saturated rings. The first-order chi connectivity index (χ1) is 6.26. The molecule has 0 saturated heterocycles. The number of thiocarbonyl (C=S) groups is 1. The maximum Gasteiger partial charge on any atom is 0.259 e. The van der Waals surface area contributed by atoms with Crippen molar-refractivity contribution in [3.8, 4) is 0 Å². The van der Waals surface area contributed by atoms with Gasteiger partial charge in [0.25, 0.3) is 5.17 Å². The third-order valence-corrected chi connectivity index (χ3v) is 2.23. The minimum Gasteiger partial charge on any atom is -0.471 e. The fourth-order valence-corrected chi connectivity index (χ4v) is 1.31. The van der Waals surface area contributed by atoms with Crippen LogP contribution >= 0.6 is 12.2 Å². The first-order valence-electron chi connectivity index (χ1n) is 5.17. The highest BCUT2D eigenvalue weighted by Crippen LogP contribution is 1.99. The van der Waals surface area contributed by atoms with Crippen LogP contribution in [-0.2, 0) is 4.74 Å². The van der Waals surface area contributed by atoms with Gasteiger partial charge in [-0.1, -0.05) is 20.3 Å². The molecule has 0 saturated carbocycles. The molecule has 0 spiro atoms. The van der Waals surface area contributed by atoms with Crippen LogP contribution in [-0.4, -0.2) is 29.8 Å². The molecule has 0 rings (SSSR count). The first-order valence-corrected chi connectivity index (χ1v) is 5.58. The van der Waals surface area contributed by atoms with Gasteiger partial charge in [0.15, 0.2) is 0 Å². The van der Waals surface area contributed by atoms with E-state index in [4.69, 9.17) is 17.0 Å². The summed E-state index contributed by atoms with van der Waals surface area (Å²) in [5.41, 5.74) is 0. The summed E-state index contributed by atoms with van der Waals surface area (Å²) in [5, 5.41) is 0.665. The van der Waals surface area contributed by atoms with Gasteiger partial charge in [-0.2, -0.15) is 0 Å². The van der Waals surface area contributed by atoms with Crippen molar-refractivity contribution < 1.29 is 4.74 Å². The van der Waals surface area contributed by atoms with Crippen LogP contribution in [0.15, 0.2) is 0 Å². The third-order valence-electron chi connectivity index (χ3n) is 1.85. The van der Waals surface area contributed by atoms with Gasteiger partial charge in [-0.3, -0.25) is 0 Å². The summed E-state index contributed by atoms with van der Waals surface area (Å²) < 4.78 is 5.40. The Morgan fingerprint density at radius 2 is 1.92 bits per heavy atom. The molecular weight excluding hydrogens is 182 g/mol. The molecule has 0 bridgehead atoms. The third kappa shape index (κ3) is 5.86. The fourth-order valence-electron chi connectivity index (χ4n) is 1.01. The molecule has 0 amide bonds. The number of nitrogens with zero attached hydrogens (tertiary/aromatic N) is 1. The second kappa shape index (κ2) is 8.30. The van der Waals surface area contributed by atoms with Gasteiger partial charge in [-0.15, -0.1) is 0 Å². The molecule has 0 aliphatic rings. The van der Waals surface area contributed by atoms with Gasteiger partial charge in [-0.05, 0) is 32.0 Å². The second-order valence-electron chi connectivity index (χ2n) is 3.05. The maximum atomic E-state index is 5.40. The van der Waals surface area contributed by atoms with Crippen LogP contribution in [0.4, 0.5) is 0 Å². The zero-order valence-electron chi connectivity index (χ0n) is 9.01. The highest BCUT2D eigenvalue weighted by molar-refractivity contribution is 7.80. The van der Waals surface area contributed by atoms with Gasteiger partial charge < -0.3 is 9.64 Å². The lowest BCUT2D eigenvalue weighted by atomic mass is 10.3. The lowest BCUT2D eigenvalue weighted by molar-refractivity contribution is 0.244. The minimum atomic E-state index is 0.665. The molecule has 0 unspecified atom stereocenters. The average molecular weight is 203 g/mol. The van der Waals surface area contributed by atoms with Crippen LogP contribution in [0.1, 0.15) is 40.0 Å². The van der Waals surface area contributed by atoms with Crippen molar-refractivity contribution in [1.82, 2.24) is 4.90 Å². The van der Waals surface area contributed by atoms with Crippen molar-refractivity contribution in [1.29, 1.82) is 0 Å². The van der Waals surface area contributed by atoms with E-state index in [1.807, 2.05) is 0 Å². The summed E-state index contributed by atoms with van der Waals surface area (Å²) in [4.78, 5) is 2.12. The molecule has 0 aliphatic heterocycles. The van der Waals surface area contributed by atoms with Crippen molar-refractivity contribution in [2.75, 3.05) is 19.7 Å². The second-order valence-corrected chi connectivity index (χ2v) is 3.40. The molecule has 0 aromatic rings. The van der Waals surface area contributed by atoms with E-state index >= 15 is 0 Å². The largest absolute Gasteiger partial charge is 0.471 e. The number of ether oxygens (including phenoxy) is 1. The lowest BCUT2D eigenvalue weighted by Crippen LogP contribution is -2.32. The van der Waals surface area contributed by atoms with Crippen molar-refractivity contribution in [3.05, 3.63) is 0 Å². The molecule has 3 heteroatoms. The molecule has 0 aromatic heterocycles. The lowest BCUT2D eigenvalue weighted by Gasteiger charge is -2.22. The molecule has 78 valence electrons. The number of hydrogen-bond donors (Lipinski definition) is 0. The van der Waals surface area contributed by atoms with E-state index < -0.39 is 0 Å². The van der Waals surface area contributed by atoms with Gasteiger partial charge in [0.05, 0.1) is 6.61 Å². The van der Waals surface area contributed by atoms with E-state index in [2.05, 4.69) is 25.7 Å². The molecular formula is C10H21NOS. The van der Waals surface area contributed by atoms with E-state index in [1.165, 1.54) is 12.8 Å². The highest BCUT2D eigenvalue weighted by atomic mass is 32.1. The summed E-state index contributed by atoms with van der Waals surface area (Å²) in [6, 6.07) is 0. The number of hydrogen-bond acceptors (Lipinski definition) is 2. The predicted molar refractivity (Wildman–Crippen MR) is 61.0 cm³/mol. The Kier molecular flexibility index (Phi) is 8.10. The van der Waals surface area contributed by atoms with Gasteiger partial charge in [-0.25, -0.2) is 0 Å². The summed E-state index contributed by atoms with van der Waals surface area (Å²) in [5.74, 6) is 0. The van der Waals surface area contributed by atoms with Gasteiger partial charge >= 0.3 is 0 Å². The van der Waals surface area contributed by atoms with Crippen molar-refractivity contribution in [2.45, 2.75) is 40.0 Å². The summed E-state index contributed by atoms with van der Waals surface area (Å²) in [6.07, 6.45) is 3.40. The molecule has 13 heavy (non-hydrogen) atoms. The van der Waals surface area contributed by atoms with Crippen molar-refractivity contribution in [2.24, 2.45) is 0 Å². The topological polar surface area (TPSA) is 12.5 Å². The van der Waals surface area contributed by atoms with E-state index in [0.717, 1.165) is 26.1 Å². The Morgan fingerprint density at radius 1 is 1.23 bits per heavy atom. The van der Waals surface area contributed by atoms with Crippen LogP contribution in [0.5, 0.6) is 0 Å². The van der Waals surface area contributed by atoms with Crippen LogP contribution in [0, 0.1) is 0 Å². The molecule has 2 nitrogen and oxygen atoms in total. The minimum absolute atomic E-state index is 0.665.